The Bertz CT molecular complexity index is 622. The Morgan fingerprint density at radius 2 is 1.96 bits per heavy atom. The summed E-state index contributed by atoms with van der Waals surface area (Å²) in [6.45, 7) is 6.90. The van der Waals surface area contributed by atoms with Crippen molar-refractivity contribution in [2.75, 3.05) is 13.1 Å². The number of rotatable bonds is 8. The molecule has 1 heterocycles. The Morgan fingerprint density at radius 1 is 1.33 bits per heavy atom. The Balaban J connectivity index is 1.94. The van der Waals surface area contributed by atoms with Crippen molar-refractivity contribution in [1.29, 1.82) is 0 Å². The van der Waals surface area contributed by atoms with Gasteiger partial charge in [-0.25, -0.2) is 8.42 Å². The summed E-state index contributed by atoms with van der Waals surface area (Å²) in [5.41, 5.74) is 0. The van der Waals surface area contributed by atoms with E-state index in [9.17, 15) is 8.42 Å². The van der Waals surface area contributed by atoms with Gasteiger partial charge in [0.05, 0.1) is 17.1 Å². The highest BCUT2D eigenvalue weighted by Gasteiger charge is 2.30. The number of hydrogen-bond acceptors (Lipinski definition) is 3. The highest BCUT2D eigenvalue weighted by Crippen LogP contribution is 2.24. The number of sulfonamides is 1. The SMILES string of the molecule is C=CCC(CCC)OC1CCN(S(=O)(=O)c2ccc(Cl)cc2)CC1. The number of piperidine rings is 1. The first-order valence-corrected chi connectivity index (χ1v) is 10.3. The Kier molecular flexibility index (Phi) is 7.29. The molecule has 6 heteroatoms. The van der Waals surface area contributed by atoms with Gasteiger partial charge in [-0.2, -0.15) is 4.31 Å². The Labute approximate surface area is 150 Å². The van der Waals surface area contributed by atoms with E-state index in [-0.39, 0.29) is 12.2 Å². The van der Waals surface area contributed by atoms with Crippen molar-refractivity contribution < 1.29 is 13.2 Å². The van der Waals surface area contributed by atoms with Crippen LogP contribution in [0.5, 0.6) is 0 Å². The third kappa shape index (κ3) is 5.06. The summed E-state index contributed by atoms with van der Waals surface area (Å²) >= 11 is 5.83. The summed E-state index contributed by atoms with van der Waals surface area (Å²) in [5.74, 6) is 0. The molecule has 24 heavy (non-hydrogen) atoms. The first-order chi connectivity index (χ1) is 11.5. The molecule has 1 saturated heterocycles. The van der Waals surface area contributed by atoms with Crippen molar-refractivity contribution in [2.45, 2.75) is 56.1 Å². The average Bonchev–Trinajstić information content (AvgIpc) is 2.56. The maximum absolute atomic E-state index is 12.7. The zero-order valence-electron chi connectivity index (χ0n) is 14.2. The standard InChI is InChI=1S/C18H26ClNO3S/c1-3-5-16(6-4-2)23-17-11-13-20(14-12-17)24(21,22)18-9-7-15(19)8-10-18/h3,7-10,16-17H,1,4-6,11-14H2,2H3. The highest BCUT2D eigenvalue weighted by molar-refractivity contribution is 7.89. The van der Waals surface area contributed by atoms with Crippen molar-refractivity contribution in [3.8, 4) is 0 Å². The van der Waals surface area contributed by atoms with E-state index in [0.717, 1.165) is 32.1 Å². The van der Waals surface area contributed by atoms with Gasteiger partial charge in [0.15, 0.2) is 0 Å². The molecule has 0 amide bonds. The van der Waals surface area contributed by atoms with Crippen LogP contribution >= 0.6 is 11.6 Å². The summed E-state index contributed by atoms with van der Waals surface area (Å²) in [4.78, 5) is 0.293. The van der Waals surface area contributed by atoms with Crippen molar-refractivity contribution in [3.63, 3.8) is 0 Å². The molecule has 1 atom stereocenters. The smallest absolute Gasteiger partial charge is 0.243 e. The molecule has 0 spiro atoms. The number of hydrogen-bond donors (Lipinski definition) is 0. The molecule has 0 saturated carbocycles. The van der Waals surface area contributed by atoms with Crippen molar-refractivity contribution in [2.24, 2.45) is 0 Å². The van der Waals surface area contributed by atoms with Crippen LogP contribution in [0.15, 0.2) is 41.8 Å². The van der Waals surface area contributed by atoms with Crippen LogP contribution in [0, 0.1) is 0 Å². The quantitative estimate of drug-likeness (QED) is 0.641. The van der Waals surface area contributed by atoms with Crippen molar-refractivity contribution in [3.05, 3.63) is 41.9 Å². The fourth-order valence-corrected chi connectivity index (χ4v) is 4.58. The van der Waals surface area contributed by atoms with Gasteiger partial charge < -0.3 is 4.74 Å². The summed E-state index contributed by atoms with van der Waals surface area (Å²) in [7, 11) is -3.45. The normalized spacial score (nSPS) is 18.4. The third-order valence-electron chi connectivity index (χ3n) is 4.28. The maximum Gasteiger partial charge on any atom is 0.243 e. The van der Waals surface area contributed by atoms with Gasteiger partial charge in [0.1, 0.15) is 0 Å². The third-order valence-corrected chi connectivity index (χ3v) is 6.44. The van der Waals surface area contributed by atoms with Crippen LogP contribution in [0.1, 0.15) is 39.0 Å². The number of nitrogens with zero attached hydrogens (tertiary/aromatic N) is 1. The lowest BCUT2D eigenvalue weighted by Gasteiger charge is -2.33. The molecule has 0 radical (unpaired) electrons. The monoisotopic (exact) mass is 371 g/mol. The molecule has 0 N–H and O–H groups in total. The van der Waals surface area contributed by atoms with Gasteiger partial charge in [0, 0.05) is 18.1 Å². The summed E-state index contributed by atoms with van der Waals surface area (Å²) in [5, 5.41) is 0.533. The lowest BCUT2D eigenvalue weighted by atomic mass is 10.1. The van der Waals surface area contributed by atoms with Gasteiger partial charge in [-0.05, 0) is 49.9 Å². The van der Waals surface area contributed by atoms with Crippen LogP contribution in [-0.4, -0.2) is 38.0 Å². The van der Waals surface area contributed by atoms with E-state index in [1.165, 1.54) is 0 Å². The molecule has 1 fully saturated rings. The van der Waals surface area contributed by atoms with E-state index in [1.807, 2.05) is 6.08 Å². The van der Waals surface area contributed by atoms with Crippen LogP contribution in [0.25, 0.3) is 0 Å². The van der Waals surface area contributed by atoms with E-state index < -0.39 is 10.0 Å². The van der Waals surface area contributed by atoms with Crippen LogP contribution in [0.4, 0.5) is 0 Å². The van der Waals surface area contributed by atoms with Gasteiger partial charge in [0.2, 0.25) is 10.0 Å². The minimum atomic E-state index is -3.45. The predicted molar refractivity (Wildman–Crippen MR) is 97.8 cm³/mol. The summed E-state index contributed by atoms with van der Waals surface area (Å²) in [6, 6.07) is 6.33. The molecule has 1 unspecified atom stereocenters. The Hall–Kier alpha value is -0.880. The van der Waals surface area contributed by atoms with Crippen LogP contribution in [0.2, 0.25) is 5.02 Å². The van der Waals surface area contributed by atoms with Gasteiger partial charge in [0.25, 0.3) is 0 Å². The highest BCUT2D eigenvalue weighted by atomic mass is 35.5. The largest absolute Gasteiger partial charge is 0.375 e. The van der Waals surface area contributed by atoms with Crippen LogP contribution < -0.4 is 0 Å². The Morgan fingerprint density at radius 3 is 2.50 bits per heavy atom. The zero-order valence-corrected chi connectivity index (χ0v) is 15.7. The number of halogens is 1. The first-order valence-electron chi connectivity index (χ1n) is 8.49. The van der Waals surface area contributed by atoms with E-state index in [2.05, 4.69) is 13.5 Å². The fourth-order valence-electron chi connectivity index (χ4n) is 2.99. The van der Waals surface area contributed by atoms with E-state index in [4.69, 9.17) is 16.3 Å². The fraction of sp³-hybridized carbons (Fsp3) is 0.556. The molecule has 0 aromatic heterocycles. The molecule has 1 aliphatic rings. The predicted octanol–water partition coefficient (Wildman–Crippen LogP) is 4.25. The van der Waals surface area contributed by atoms with E-state index in [1.54, 1.807) is 28.6 Å². The molecule has 134 valence electrons. The second-order valence-corrected chi connectivity index (χ2v) is 8.50. The summed E-state index contributed by atoms with van der Waals surface area (Å²) in [6.07, 6.45) is 6.58. The van der Waals surface area contributed by atoms with Crippen molar-refractivity contribution >= 4 is 21.6 Å². The van der Waals surface area contributed by atoms with Gasteiger partial charge in [-0.3, -0.25) is 0 Å². The minimum Gasteiger partial charge on any atom is -0.375 e. The average molecular weight is 372 g/mol. The van der Waals surface area contributed by atoms with E-state index in [0.29, 0.717) is 23.0 Å². The lowest BCUT2D eigenvalue weighted by Crippen LogP contribution is -2.41. The molecular weight excluding hydrogens is 346 g/mol. The summed E-state index contributed by atoms with van der Waals surface area (Å²) < 4.78 is 33.0. The lowest BCUT2D eigenvalue weighted by molar-refractivity contribution is -0.0360. The molecule has 1 aromatic carbocycles. The number of ether oxygens (including phenoxy) is 1. The minimum absolute atomic E-state index is 0.123. The second kappa shape index (κ2) is 8.99. The molecule has 1 aliphatic heterocycles. The molecule has 0 bridgehead atoms. The second-order valence-electron chi connectivity index (χ2n) is 6.13. The van der Waals surface area contributed by atoms with Crippen LogP contribution in [0.3, 0.4) is 0 Å². The van der Waals surface area contributed by atoms with E-state index >= 15 is 0 Å². The molecule has 2 rings (SSSR count). The van der Waals surface area contributed by atoms with Gasteiger partial charge in [-0.1, -0.05) is 31.0 Å². The molecule has 1 aromatic rings. The van der Waals surface area contributed by atoms with Gasteiger partial charge in [-0.15, -0.1) is 6.58 Å². The topological polar surface area (TPSA) is 46.6 Å². The zero-order chi connectivity index (χ0) is 17.6. The number of benzene rings is 1. The molecule has 4 nitrogen and oxygen atoms in total. The molecule has 0 aliphatic carbocycles. The maximum atomic E-state index is 12.7. The van der Waals surface area contributed by atoms with Crippen molar-refractivity contribution in [1.82, 2.24) is 4.31 Å². The molecular formula is C18H26ClNO3S. The van der Waals surface area contributed by atoms with Crippen LogP contribution in [-0.2, 0) is 14.8 Å². The first kappa shape index (κ1) is 19.4. The van der Waals surface area contributed by atoms with Gasteiger partial charge >= 0.3 is 0 Å².